The quantitative estimate of drug-likeness (QED) is 0.779. The molecule has 1 unspecified atom stereocenters. The van der Waals surface area contributed by atoms with Crippen LogP contribution in [0.25, 0.3) is 0 Å². The highest BCUT2D eigenvalue weighted by Gasteiger charge is 2.25. The first-order chi connectivity index (χ1) is 11.7. The third kappa shape index (κ3) is 3.42. The molecule has 128 valence electrons. The fourth-order valence-electron chi connectivity index (χ4n) is 3.01. The van der Waals surface area contributed by atoms with Crippen LogP contribution in [0.1, 0.15) is 37.5 Å². The maximum Gasteiger partial charge on any atom is 0.129 e. The summed E-state index contributed by atoms with van der Waals surface area (Å²) in [7, 11) is 1.67. The number of fused-ring (bicyclic) bond motifs is 1. The second-order valence-corrected chi connectivity index (χ2v) is 5.68. The van der Waals surface area contributed by atoms with Crippen LogP contribution in [0.3, 0.4) is 0 Å². The Morgan fingerprint density at radius 1 is 1.00 bits per heavy atom. The highest BCUT2D eigenvalue weighted by molar-refractivity contribution is 5.46. The molecule has 0 amide bonds. The number of benzene rings is 2. The van der Waals surface area contributed by atoms with Crippen molar-refractivity contribution in [1.29, 1.82) is 0 Å². The summed E-state index contributed by atoms with van der Waals surface area (Å²) in [6.07, 6.45) is 1.87. The van der Waals surface area contributed by atoms with Crippen molar-refractivity contribution in [1.82, 2.24) is 0 Å². The molecule has 1 aliphatic rings. The zero-order valence-electron chi connectivity index (χ0n) is 14.5. The van der Waals surface area contributed by atoms with Crippen molar-refractivity contribution in [3.63, 3.8) is 0 Å². The van der Waals surface area contributed by atoms with E-state index in [0.29, 0.717) is 13.2 Å². The summed E-state index contributed by atoms with van der Waals surface area (Å²) in [6, 6.07) is 12.0. The minimum Gasteiger partial charge on any atom is -0.497 e. The van der Waals surface area contributed by atoms with Gasteiger partial charge in [0, 0.05) is 17.7 Å². The van der Waals surface area contributed by atoms with Crippen molar-refractivity contribution in [3.05, 3.63) is 47.5 Å². The first kappa shape index (κ1) is 16.5. The molecule has 0 spiro atoms. The van der Waals surface area contributed by atoms with Crippen molar-refractivity contribution in [2.75, 3.05) is 20.3 Å². The molecule has 1 atom stereocenters. The van der Waals surface area contributed by atoms with E-state index in [1.807, 2.05) is 44.2 Å². The summed E-state index contributed by atoms with van der Waals surface area (Å²) in [5.41, 5.74) is 2.28. The van der Waals surface area contributed by atoms with E-state index >= 15 is 0 Å². The van der Waals surface area contributed by atoms with Gasteiger partial charge in [-0.05, 0) is 50.5 Å². The van der Waals surface area contributed by atoms with Crippen molar-refractivity contribution < 1.29 is 18.9 Å². The van der Waals surface area contributed by atoms with Gasteiger partial charge in [-0.1, -0.05) is 6.07 Å². The SMILES string of the molecule is CCOc1ccc(C2CCc3ccc(OC)cc3O2)c(OCC)c1. The molecule has 0 radical (unpaired) electrons. The van der Waals surface area contributed by atoms with Crippen molar-refractivity contribution in [2.45, 2.75) is 32.8 Å². The van der Waals surface area contributed by atoms with E-state index in [0.717, 1.165) is 41.4 Å². The van der Waals surface area contributed by atoms with Gasteiger partial charge in [0.05, 0.1) is 20.3 Å². The Labute approximate surface area is 143 Å². The van der Waals surface area contributed by atoms with Crippen LogP contribution in [0.2, 0.25) is 0 Å². The van der Waals surface area contributed by atoms with Gasteiger partial charge in [0.1, 0.15) is 29.1 Å². The summed E-state index contributed by atoms with van der Waals surface area (Å²) >= 11 is 0. The molecule has 0 N–H and O–H groups in total. The minimum atomic E-state index is -0.0261. The zero-order valence-corrected chi connectivity index (χ0v) is 14.5. The Kier molecular flexibility index (Phi) is 5.14. The van der Waals surface area contributed by atoms with Gasteiger partial charge in [0.15, 0.2) is 0 Å². The summed E-state index contributed by atoms with van der Waals surface area (Å²) in [5, 5.41) is 0. The predicted molar refractivity (Wildman–Crippen MR) is 93.5 cm³/mol. The van der Waals surface area contributed by atoms with Gasteiger partial charge < -0.3 is 18.9 Å². The third-order valence-corrected chi connectivity index (χ3v) is 4.16. The summed E-state index contributed by atoms with van der Waals surface area (Å²) in [4.78, 5) is 0. The Hall–Kier alpha value is -2.36. The number of ether oxygens (including phenoxy) is 4. The Balaban J connectivity index is 1.88. The number of aryl methyl sites for hydroxylation is 1. The van der Waals surface area contributed by atoms with Crippen LogP contribution in [0.15, 0.2) is 36.4 Å². The molecule has 0 saturated carbocycles. The molecule has 4 heteroatoms. The molecule has 0 saturated heterocycles. The second kappa shape index (κ2) is 7.47. The average molecular weight is 328 g/mol. The molecule has 0 bridgehead atoms. The van der Waals surface area contributed by atoms with Crippen LogP contribution >= 0.6 is 0 Å². The van der Waals surface area contributed by atoms with Gasteiger partial charge >= 0.3 is 0 Å². The lowest BCUT2D eigenvalue weighted by Gasteiger charge is -2.28. The molecule has 2 aromatic rings. The van der Waals surface area contributed by atoms with E-state index in [4.69, 9.17) is 18.9 Å². The molecule has 1 aliphatic heterocycles. The Morgan fingerprint density at radius 3 is 2.54 bits per heavy atom. The molecule has 4 nitrogen and oxygen atoms in total. The summed E-state index contributed by atoms with van der Waals surface area (Å²) in [5.74, 6) is 3.36. The lowest BCUT2D eigenvalue weighted by molar-refractivity contribution is 0.170. The monoisotopic (exact) mass is 328 g/mol. The third-order valence-electron chi connectivity index (χ3n) is 4.16. The fourth-order valence-corrected chi connectivity index (χ4v) is 3.01. The van der Waals surface area contributed by atoms with E-state index in [1.54, 1.807) is 7.11 Å². The van der Waals surface area contributed by atoms with Gasteiger partial charge in [0.2, 0.25) is 0 Å². The number of methoxy groups -OCH3 is 1. The van der Waals surface area contributed by atoms with Crippen LogP contribution in [-0.2, 0) is 6.42 Å². The van der Waals surface area contributed by atoms with E-state index in [9.17, 15) is 0 Å². The highest BCUT2D eigenvalue weighted by atomic mass is 16.5. The zero-order chi connectivity index (χ0) is 16.9. The van der Waals surface area contributed by atoms with E-state index in [1.165, 1.54) is 5.56 Å². The predicted octanol–water partition coefficient (Wildman–Crippen LogP) is 4.56. The topological polar surface area (TPSA) is 36.9 Å². The molecule has 0 aliphatic carbocycles. The number of hydrogen-bond acceptors (Lipinski definition) is 4. The van der Waals surface area contributed by atoms with Gasteiger partial charge in [-0.2, -0.15) is 0 Å². The summed E-state index contributed by atoms with van der Waals surface area (Å²) < 4.78 is 23.0. The van der Waals surface area contributed by atoms with Crippen LogP contribution in [0, 0.1) is 0 Å². The normalized spacial score (nSPS) is 16.0. The molecule has 3 rings (SSSR count). The van der Waals surface area contributed by atoms with Gasteiger partial charge in [0.25, 0.3) is 0 Å². The Morgan fingerprint density at radius 2 is 1.79 bits per heavy atom. The smallest absolute Gasteiger partial charge is 0.129 e. The van der Waals surface area contributed by atoms with Crippen LogP contribution in [0.4, 0.5) is 0 Å². The highest BCUT2D eigenvalue weighted by Crippen LogP contribution is 2.40. The average Bonchev–Trinajstić information content (AvgIpc) is 2.61. The van der Waals surface area contributed by atoms with Crippen molar-refractivity contribution in [2.24, 2.45) is 0 Å². The first-order valence-corrected chi connectivity index (χ1v) is 8.48. The minimum absolute atomic E-state index is 0.0261. The lowest BCUT2D eigenvalue weighted by atomic mass is 9.96. The standard InChI is InChI=1S/C20H24O4/c1-4-22-16-9-10-17(20(13-16)23-5-2)18-11-7-14-6-8-15(21-3)12-19(14)24-18/h6,8-10,12-13,18H,4-5,7,11H2,1-3H3. The van der Waals surface area contributed by atoms with Gasteiger partial charge in [-0.15, -0.1) is 0 Å². The number of rotatable bonds is 6. The maximum absolute atomic E-state index is 6.25. The van der Waals surface area contributed by atoms with Gasteiger partial charge in [-0.25, -0.2) is 0 Å². The first-order valence-electron chi connectivity index (χ1n) is 8.48. The largest absolute Gasteiger partial charge is 0.497 e. The second-order valence-electron chi connectivity index (χ2n) is 5.68. The van der Waals surface area contributed by atoms with E-state index in [-0.39, 0.29) is 6.10 Å². The molecule has 0 fully saturated rings. The molecular weight excluding hydrogens is 304 g/mol. The van der Waals surface area contributed by atoms with Gasteiger partial charge in [-0.3, -0.25) is 0 Å². The van der Waals surface area contributed by atoms with Crippen LogP contribution in [-0.4, -0.2) is 20.3 Å². The molecule has 0 aromatic heterocycles. The summed E-state index contributed by atoms with van der Waals surface area (Å²) in [6.45, 7) is 5.21. The molecule has 24 heavy (non-hydrogen) atoms. The van der Waals surface area contributed by atoms with E-state index in [2.05, 4.69) is 6.07 Å². The van der Waals surface area contributed by atoms with E-state index < -0.39 is 0 Å². The molecule has 2 aromatic carbocycles. The lowest BCUT2D eigenvalue weighted by Crippen LogP contribution is -2.16. The van der Waals surface area contributed by atoms with Crippen LogP contribution < -0.4 is 18.9 Å². The van der Waals surface area contributed by atoms with Crippen molar-refractivity contribution >= 4 is 0 Å². The number of hydrogen-bond donors (Lipinski definition) is 0. The molecule has 1 heterocycles. The maximum atomic E-state index is 6.25. The van der Waals surface area contributed by atoms with Crippen molar-refractivity contribution in [3.8, 4) is 23.0 Å². The Bertz CT molecular complexity index is 696. The molecular formula is C20H24O4. The van der Waals surface area contributed by atoms with Crippen LogP contribution in [0.5, 0.6) is 23.0 Å². The fraction of sp³-hybridized carbons (Fsp3) is 0.400.